The van der Waals surface area contributed by atoms with E-state index in [-0.39, 0.29) is 24.5 Å². The summed E-state index contributed by atoms with van der Waals surface area (Å²) in [5.74, 6) is 5.23. The fourth-order valence-corrected chi connectivity index (χ4v) is 3.19. The lowest BCUT2D eigenvalue weighted by molar-refractivity contribution is -0.137. The standard InChI is InChI=1S/C24H24F3NO4/c1-4-6-11-32-23-15(3)19(16-7-9-18(10-8-16)24(25,26)27)12-17(13-28-21(31)5-2)22(23)20(30)14-29/h5,7-10,12,20,29-30H,2,11,13-14H2,1,3H3,(H,28,31). The Labute approximate surface area is 184 Å². The van der Waals surface area contributed by atoms with Crippen molar-refractivity contribution in [1.82, 2.24) is 5.32 Å². The summed E-state index contributed by atoms with van der Waals surface area (Å²) in [4.78, 5) is 11.7. The van der Waals surface area contributed by atoms with Gasteiger partial charge in [-0.2, -0.15) is 13.2 Å². The summed E-state index contributed by atoms with van der Waals surface area (Å²) >= 11 is 0. The second-order valence-electron chi connectivity index (χ2n) is 6.86. The lowest BCUT2D eigenvalue weighted by Crippen LogP contribution is -2.22. The first-order valence-corrected chi connectivity index (χ1v) is 9.69. The number of rotatable bonds is 8. The van der Waals surface area contributed by atoms with Crippen molar-refractivity contribution in [2.24, 2.45) is 0 Å². The van der Waals surface area contributed by atoms with Crippen molar-refractivity contribution in [3.8, 4) is 28.7 Å². The van der Waals surface area contributed by atoms with Gasteiger partial charge in [-0.05, 0) is 60.4 Å². The molecule has 0 aliphatic rings. The molecule has 0 aliphatic carbocycles. The van der Waals surface area contributed by atoms with Gasteiger partial charge in [0.05, 0.1) is 12.2 Å². The van der Waals surface area contributed by atoms with Gasteiger partial charge in [0.25, 0.3) is 0 Å². The van der Waals surface area contributed by atoms with Gasteiger partial charge in [-0.1, -0.05) is 24.6 Å². The van der Waals surface area contributed by atoms with Crippen LogP contribution in [0.25, 0.3) is 11.1 Å². The van der Waals surface area contributed by atoms with Crippen molar-refractivity contribution < 1.29 is 32.9 Å². The van der Waals surface area contributed by atoms with Crippen molar-refractivity contribution >= 4 is 5.91 Å². The van der Waals surface area contributed by atoms with Gasteiger partial charge >= 0.3 is 6.18 Å². The quantitative estimate of drug-likeness (QED) is 0.424. The van der Waals surface area contributed by atoms with Crippen LogP contribution in [0, 0.1) is 18.8 Å². The lowest BCUT2D eigenvalue weighted by Gasteiger charge is -2.23. The summed E-state index contributed by atoms with van der Waals surface area (Å²) in [7, 11) is 0. The SMILES string of the molecule is C=CC(=O)NCc1cc(-c2ccc(C(F)(F)F)cc2)c(C)c(OCC#CC)c1C(O)CO. The number of carbonyl (C=O) groups is 1. The number of carbonyl (C=O) groups excluding carboxylic acids is 1. The highest BCUT2D eigenvalue weighted by molar-refractivity contribution is 5.87. The molecular weight excluding hydrogens is 423 g/mol. The number of nitrogens with one attached hydrogen (secondary N) is 1. The van der Waals surface area contributed by atoms with Gasteiger partial charge < -0.3 is 20.3 Å². The van der Waals surface area contributed by atoms with Crippen molar-refractivity contribution in [2.75, 3.05) is 13.2 Å². The first-order valence-electron chi connectivity index (χ1n) is 9.69. The van der Waals surface area contributed by atoms with E-state index in [1.165, 1.54) is 12.1 Å². The van der Waals surface area contributed by atoms with Crippen LogP contribution in [0.1, 0.15) is 35.3 Å². The molecule has 0 aromatic heterocycles. The molecule has 32 heavy (non-hydrogen) atoms. The molecule has 3 N–H and O–H groups in total. The first kappa shape index (κ1) is 25.0. The minimum absolute atomic E-state index is 0.00257. The Bertz CT molecular complexity index is 1030. The van der Waals surface area contributed by atoms with Gasteiger partial charge in [0.2, 0.25) is 5.91 Å². The fraction of sp³-hybridized carbons (Fsp3) is 0.292. The highest BCUT2D eigenvalue weighted by atomic mass is 19.4. The van der Waals surface area contributed by atoms with Crippen LogP contribution in [0.5, 0.6) is 5.75 Å². The van der Waals surface area contributed by atoms with Crippen molar-refractivity contribution in [1.29, 1.82) is 0 Å². The molecule has 0 aliphatic heterocycles. The summed E-state index contributed by atoms with van der Waals surface area (Å²) in [6.45, 7) is 6.09. The number of alkyl halides is 3. The maximum Gasteiger partial charge on any atom is 0.416 e. The highest BCUT2D eigenvalue weighted by Gasteiger charge is 2.30. The molecule has 8 heteroatoms. The van der Waals surface area contributed by atoms with Crippen LogP contribution < -0.4 is 10.1 Å². The number of aliphatic hydroxyl groups is 2. The van der Waals surface area contributed by atoms with Gasteiger partial charge in [0, 0.05) is 12.1 Å². The smallest absolute Gasteiger partial charge is 0.416 e. The molecule has 2 aromatic rings. The van der Waals surface area contributed by atoms with E-state index >= 15 is 0 Å². The predicted octanol–water partition coefficient (Wildman–Crippen LogP) is 3.91. The number of aliphatic hydroxyl groups excluding tert-OH is 2. The zero-order chi connectivity index (χ0) is 23.9. The topological polar surface area (TPSA) is 78.8 Å². The predicted molar refractivity (Wildman–Crippen MR) is 115 cm³/mol. The molecule has 2 rings (SSSR count). The minimum Gasteiger partial charge on any atom is -0.480 e. The van der Waals surface area contributed by atoms with Gasteiger partial charge in [-0.15, -0.1) is 5.92 Å². The Morgan fingerprint density at radius 3 is 2.50 bits per heavy atom. The number of hydrogen-bond acceptors (Lipinski definition) is 4. The molecule has 1 atom stereocenters. The maximum absolute atomic E-state index is 13.0. The van der Waals surface area contributed by atoms with Crippen LogP contribution >= 0.6 is 0 Å². The van der Waals surface area contributed by atoms with E-state index in [9.17, 15) is 28.2 Å². The third kappa shape index (κ3) is 5.90. The lowest BCUT2D eigenvalue weighted by atomic mass is 9.90. The first-order chi connectivity index (χ1) is 15.1. The Morgan fingerprint density at radius 1 is 1.31 bits per heavy atom. The average molecular weight is 447 g/mol. The second kappa shape index (κ2) is 10.8. The number of benzene rings is 2. The third-order valence-corrected chi connectivity index (χ3v) is 4.79. The van der Waals surface area contributed by atoms with Gasteiger partial charge in [-0.3, -0.25) is 4.79 Å². The third-order valence-electron chi connectivity index (χ3n) is 4.79. The largest absolute Gasteiger partial charge is 0.480 e. The van der Waals surface area contributed by atoms with E-state index in [4.69, 9.17) is 4.74 Å². The van der Waals surface area contributed by atoms with Crippen LogP contribution in [-0.4, -0.2) is 29.3 Å². The average Bonchev–Trinajstić information content (AvgIpc) is 2.77. The normalized spacial score (nSPS) is 11.8. The van der Waals surface area contributed by atoms with Crippen LogP contribution in [0.2, 0.25) is 0 Å². The molecule has 0 saturated carbocycles. The van der Waals surface area contributed by atoms with Crippen molar-refractivity contribution in [3.63, 3.8) is 0 Å². The number of ether oxygens (including phenoxy) is 1. The fourth-order valence-electron chi connectivity index (χ4n) is 3.19. The molecular formula is C24H24F3NO4. The summed E-state index contributed by atoms with van der Waals surface area (Å²) in [5.41, 5.74) is 1.51. The molecule has 170 valence electrons. The van der Waals surface area contributed by atoms with Crippen molar-refractivity contribution in [3.05, 3.63) is 65.2 Å². The molecule has 0 bridgehead atoms. The Kier molecular flexibility index (Phi) is 8.47. The van der Waals surface area contributed by atoms with Crippen LogP contribution in [0.15, 0.2) is 43.0 Å². The van der Waals surface area contributed by atoms with Gasteiger partial charge in [0.15, 0.2) is 0 Å². The summed E-state index contributed by atoms with van der Waals surface area (Å²) in [5, 5.41) is 22.6. The Morgan fingerprint density at radius 2 is 1.97 bits per heavy atom. The second-order valence-corrected chi connectivity index (χ2v) is 6.86. The monoisotopic (exact) mass is 447 g/mol. The molecule has 5 nitrogen and oxygen atoms in total. The van der Waals surface area contributed by atoms with Crippen LogP contribution in [0.3, 0.4) is 0 Å². The number of amides is 1. The molecule has 1 unspecified atom stereocenters. The zero-order valence-corrected chi connectivity index (χ0v) is 17.7. The van der Waals surface area contributed by atoms with Crippen LogP contribution in [0.4, 0.5) is 13.2 Å². The summed E-state index contributed by atoms with van der Waals surface area (Å²) in [6, 6.07) is 6.29. The van der Waals surface area contributed by atoms with E-state index in [1.54, 1.807) is 19.9 Å². The number of halogens is 3. The summed E-state index contributed by atoms with van der Waals surface area (Å²) < 4.78 is 44.7. The highest BCUT2D eigenvalue weighted by Crippen LogP contribution is 2.40. The Hall–Kier alpha value is -3.28. The van der Waals surface area contributed by atoms with E-state index in [0.29, 0.717) is 22.3 Å². The van der Waals surface area contributed by atoms with Gasteiger partial charge in [-0.25, -0.2) is 0 Å². The molecule has 0 heterocycles. The van der Waals surface area contributed by atoms with Crippen molar-refractivity contribution in [2.45, 2.75) is 32.7 Å². The van der Waals surface area contributed by atoms with E-state index < -0.39 is 30.4 Å². The van der Waals surface area contributed by atoms with E-state index in [1.807, 2.05) is 0 Å². The van der Waals surface area contributed by atoms with Gasteiger partial charge in [0.1, 0.15) is 18.5 Å². The molecule has 1 amide bonds. The number of hydrogen-bond donors (Lipinski definition) is 3. The molecule has 0 spiro atoms. The molecule has 0 fully saturated rings. The van der Waals surface area contributed by atoms with E-state index in [0.717, 1.165) is 18.2 Å². The zero-order valence-electron chi connectivity index (χ0n) is 17.7. The molecule has 0 saturated heterocycles. The summed E-state index contributed by atoms with van der Waals surface area (Å²) in [6.07, 6.45) is -4.69. The van der Waals surface area contributed by atoms with Crippen LogP contribution in [-0.2, 0) is 17.5 Å². The Balaban J connectivity index is 2.69. The maximum atomic E-state index is 13.0. The molecule has 0 radical (unpaired) electrons. The molecule has 2 aromatic carbocycles. The minimum atomic E-state index is -4.46. The van der Waals surface area contributed by atoms with E-state index in [2.05, 4.69) is 23.7 Å².